The molecular weight excluding hydrogens is 422 g/mol. The third kappa shape index (κ3) is 4.26. The number of nitrogens with one attached hydrogen (secondary N) is 1. The van der Waals surface area contributed by atoms with Gasteiger partial charge < -0.3 is 35.2 Å². The minimum Gasteiger partial charge on any atom is -0.489 e. The Hall–Kier alpha value is -1.87. The molecule has 1 fully saturated rings. The number of hydrogen-bond donors (Lipinski definition) is 5. The van der Waals surface area contributed by atoms with Gasteiger partial charge in [0.2, 0.25) is 0 Å². The van der Waals surface area contributed by atoms with Crippen molar-refractivity contribution in [2.24, 2.45) is 0 Å². The number of rotatable bonds is 5. The number of hydrogen-bond acceptors (Lipinski definition) is 7. The zero-order valence-corrected chi connectivity index (χ0v) is 18.0. The van der Waals surface area contributed by atoms with Crippen LogP contribution in [0, 0.1) is 0 Å². The van der Waals surface area contributed by atoms with E-state index in [-0.39, 0.29) is 0 Å². The number of aliphatic hydroxyl groups excluding tert-OH is 4. The van der Waals surface area contributed by atoms with E-state index in [0.29, 0.717) is 41.6 Å². The van der Waals surface area contributed by atoms with Gasteiger partial charge in [-0.1, -0.05) is 42.8 Å². The van der Waals surface area contributed by atoms with Crippen molar-refractivity contribution in [3.8, 4) is 5.75 Å². The summed E-state index contributed by atoms with van der Waals surface area (Å²) in [5, 5.41) is 44.4. The molecule has 0 radical (unpaired) electrons. The summed E-state index contributed by atoms with van der Waals surface area (Å²) >= 11 is 6.72. The fourth-order valence-electron chi connectivity index (χ4n) is 4.18. The Bertz CT molecular complexity index is 919. The number of fused-ring (bicyclic) bond motifs is 1. The molecule has 5 atom stereocenters. The predicted molar refractivity (Wildman–Crippen MR) is 117 cm³/mol. The molecule has 5 N–H and O–H groups in total. The zero-order chi connectivity index (χ0) is 22.1. The standard InChI is InChI=1S/C23H28ClNO6/c1-2-12-3-5-13(6-4-12)9-14-10-15(22-18(17(14)24)25-7-8-30-22)23-21(29)20(28)19(27)16(11-26)31-23/h3-6,10,16,19-21,23,25-29H,2,7-9,11H2,1H3. The van der Waals surface area contributed by atoms with E-state index >= 15 is 0 Å². The summed E-state index contributed by atoms with van der Waals surface area (Å²) in [5.74, 6) is 0.450. The molecule has 0 amide bonds. The first-order valence-corrected chi connectivity index (χ1v) is 10.9. The van der Waals surface area contributed by atoms with E-state index in [9.17, 15) is 20.4 Å². The van der Waals surface area contributed by atoms with Gasteiger partial charge in [0.05, 0.1) is 17.3 Å². The van der Waals surface area contributed by atoms with Gasteiger partial charge in [-0.05, 0) is 35.6 Å². The van der Waals surface area contributed by atoms with Crippen molar-refractivity contribution < 1.29 is 29.9 Å². The van der Waals surface area contributed by atoms with Gasteiger partial charge in [0.15, 0.2) is 0 Å². The molecule has 4 rings (SSSR count). The smallest absolute Gasteiger partial charge is 0.149 e. The van der Waals surface area contributed by atoms with Crippen LogP contribution in [0.1, 0.15) is 35.3 Å². The normalized spacial score (nSPS) is 27.9. The molecule has 31 heavy (non-hydrogen) atoms. The van der Waals surface area contributed by atoms with Gasteiger partial charge >= 0.3 is 0 Å². The topological polar surface area (TPSA) is 111 Å². The fourth-order valence-corrected chi connectivity index (χ4v) is 4.45. The molecule has 0 aromatic heterocycles. The highest BCUT2D eigenvalue weighted by molar-refractivity contribution is 6.34. The summed E-state index contributed by atoms with van der Waals surface area (Å²) in [6.07, 6.45) is -4.77. The quantitative estimate of drug-likeness (QED) is 0.473. The van der Waals surface area contributed by atoms with Crippen LogP contribution in [0.2, 0.25) is 5.02 Å². The van der Waals surface area contributed by atoms with Crippen LogP contribution in [0.5, 0.6) is 5.75 Å². The van der Waals surface area contributed by atoms with Crippen LogP contribution >= 0.6 is 11.6 Å². The number of benzene rings is 2. The van der Waals surface area contributed by atoms with Gasteiger partial charge in [0, 0.05) is 12.1 Å². The van der Waals surface area contributed by atoms with Gasteiger partial charge in [-0.15, -0.1) is 0 Å². The Morgan fingerprint density at radius 3 is 2.45 bits per heavy atom. The molecule has 0 spiro atoms. The second-order valence-electron chi connectivity index (χ2n) is 8.01. The maximum atomic E-state index is 10.7. The van der Waals surface area contributed by atoms with E-state index in [1.165, 1.54) is 5.56 Å². The van der Waals surface area contributed by atoms with Crippen LogP contribution in [0.4, 0.5) is 5.69 Å². The average molecular weight is 450 g/mol. The van der Waals surface area contributed by atoms with Gasteiger partial charge in [-0.3, -0.25) is 0 Å². The van der Waals surface area contributed by atoms with Crippen molar-refractivity contribution in [1.82, 2.24) is 0 Å². The Balaban J connectivity index is 1.75. The molecule has 5 unspecified atom stereocenters. The lowest BCUT2D eigenvalue weighted by Crippen LogP contribution is -2.55. The Morgan fingerprint density at radius 1 is 1.06 bits per heavy atom. The molecule has 8 heteroatoms. The summed E-state index contributed by atoms with van der Waals surface area (Å²) in [6, 6.07) is 10.1. The molecular formula is C23H28ClNO6. The number of anilines is 1. The van der Waals surface area contributed by atoms with Crippen molar-refractivity contribution in [3.63, 3.8) is 0 Å². The highest BCUT2D eigenvalue weighted by Gasteiger charge is 2.45. The fraction of sp³-hybridized carbons (Fsp3) is 0.478. The molecule has 2 aliphatic heterocycles. The molecule has 2 aliphatic rings. The SMILES string of the molecule is CCc1ccc(Cc2cc(C3OC(CO)C(O)C(O)C3O)c3c(c2Cl)NCCO3)cc1. The van der Waals surface area contributed by atoms with Gasteiger partial charge in [0.1, 0.15) is 42.9 Å². The number of halogens is 1. The molecule has 0 aliphatic carbocycles. The van der Waals surface area contributed by atoms with Gasteiger partial charge in [-0.25, -0.2) is 0 Å². The maximum absolute atomic E-state index is 10.7. The molecule has 168 valence electrons. The molecule has 2 heterocycles. The highest BCUT2D eigenvalue weighted by atomic mass is 35.5. The van der Waals surface area contributed by atoms with E-state index in [1.807, 2.05) is 6.07 Å². The van der Waals surface area contributed by atoms with Crippen molar-refractivity contribution >= 4 is 17.3 Å². The lowest BCUT2D eigenvalue weighted by Gasteiger charge is -2.41. The molecule has 1 saturated heterocycles. The average Bonchev–Trinajstić information content (AvgIpc) is 2.80. The molecule has 0 saturated carbocycles. The summed E-state index contributed by atoms with van der Waals surface area (Å²) in [6.45, 7) is 2.60. The van der Waals surface area contributed by atoms with E-state index < -0.39 is 37.1 Å². The molecule has 7 nitrogen and oxygen atoms in total. The minimum absolute atomic E-state index is 0.408. The summed E-state index contributed by atoms with van der Waals surface area (Å²) in [7, 11) is 0. The Labute approximate surface area is 186 Å². The maximum Gasteiger partial charge on any atom is 0.149 e. The van der Waals surface area contributed by atoms with Crippen LogP contribution in [-0.4, -0.2) is 64.6 Å². The van der Waals surface area contributed by atoms with Gasteiger partial charge in [0.25, 0.3) is 0 Å². The third-order valence-electron chi connectivity index (χ3n) is 6.00. The highest BCUT2D eigenvalue weighted by Crippen LogP contribution is 2.46. The first-order chi connectivity index (χ1) is 14.9. The largest absolute Gasteiger partial charge is 0.489 e. The second kappa shape index (κ2) is 9.32. The Morgan fingerprint density at radius 2 is 1.77 bits per heavy atom. The first-order valence-electron chi connectivity index (χ1n) is 10.5. The number of ether oxygens (including phenoxy) is 2. The summed E-state index contributed by atoms with van der Waals surface area (Å²) < 4.78 is 11.7. The zero-order valence-electron chi connectivity index (χ0n) is 17.3. The van der Waals surface area contributed by atoms with Crippen molar-refractivity contribution in [1.29, 1.82) is 0 Å². The molecule has 2 aromatic rings. The molecule has 2 aromatic carbocycles. The van der Waals surface area contributed by atoms with E-state index in [4.69, 9.17) is 21.1 Å². The van der Waals surface area contributed by atoms with Crippen LogP contribution < -0.4 is 10.1 Å². The predicted octanol–water partition coefficient (Wildman–Crippen LogP) is 1.81. The monoisotopic (exact) mass is 449 g/mol. The molecule has 0 bridgehead atoms. The number of aryl methyl sites for hydroxylation is 1. The van der Waals surface area contributed by atoms with E-state index in [0.717, 1.165) is 17.5 Å². The van der Waals surface area contributed by atoms with E-state index in [2.05, 4.69) is 36.5 Å². The van der Waals surface area contributed by atoms with Crippen LogP contribution in [0.25, 0.3) is 0 Å². The second-order valence-corrected chi connectivity index (χ2v) is 8.39. The minimum atomic E-state index is -1.47. The third-order valence-corrected chi connectivity index (χ3v) is 6.43. The van der Waals surface area contributed by atoms with Crippen LogP contribution in [-0.2, 0) is 17.6 Å². The lowest BCUT2D eigenvalue weighted by molar-refractivity contribution is -0.232. The summed E-state index contributed by atoms with van der Waals surface area (Å²) in [4.78, 5) is 0. The first kappa shape index (κ1) is 22.3. The van der Waals surface area contributed by atoms with Gasteiger partial charge in [-0.2, -0.15) is 0 Å². The van der Waals surface area contributed by atoms with Crippen molar-refractivity contribution in [3.05, 3.63) is 57.6 Å². The van der Waals surface area contributed by atoms with E-state index in [1.54, 1.807) is 0 Å². The lowest BCUT2D eigenvalue weighted by atomic mass is 9.88. The van der Waals surface area contributed by atoms with Crippen LogP contribution in [0.3, 0.4) is 0 Å². The summed E-state index contributed by atoms with van der Waals surface area (Å²) in [5.41, 5.74) is 4.27. The Kier molecular flexibility index (Phi) is 6.71. The van der Waals surface area contributed by atoms with Crippen molar-refractivity contribution in [2.45, 2.75) is 50.3 Å². The van der Waals surface area contributed by atoms with Crippen LogP contribution in [0.15, 0.2) is 30.3 Å². The van der Waals surface area contributed by atoms with Crippen molar-refractivity contribution in [2.75, 3.05) is 25.1 Å². The number of aliphatic hydroxyl groups is 4.